The van der Waals surface area contributed by atoms with Crippen LogP contribution in [0.25, 0.3) is 6.08 Å². The van der Waals surface area contributed by atoms with Crippen LogP contribution >= 0.6 is 0 Å². The molecule has 0 fully saturated rings. The van der Waals surface area contributed by atoms with Crippen LogP contribution in [0, 0.1) is 6.92 Å². The van der Waals surface area contributed by atoms with Crippen molar-refractivity contribution in [3.8, 4) is 5.75 Å². The van der Waals surface area contributed by atoms with Gasteiger partial charge in [0.25, 0.3) is 0 Å². The molecule has 0 heterocycles. The average molecular weight is 252 g/mol. The van der Waals surface area contributed by atoms with Gasteiger partial charge in [-0.05, 0) is 30.7 Å². The van der Waals surface area contributed by atoms with Crippen LogP contribution in [0.5, 0.6) is 5.75 Å². The SMILES string of the molecule is COc1ccccc1C(=O)/C=C/c1cccc(C)c1. The zero-order valence-corrected chi connectivity index (χ0v) is 11.1. The van der Waals surface area contributed by atoms with Crippen LogP contribution in [0.3, 0.4) is 0 Å². The molecule has 0 aliphatic heterocycles. The summed E-state index contributed by atoms with van der Waals surface area (Å²) < 4.78 is 5.18. The van der Waals surface area contributed by atoms with E-state index in [0.29, 0.717) is 11.3 Å². The van der Waals surface area contributed by atoms with E-state index < -0.39 is 0 Å². The highest BCUT2D eigenvalue weighted by Gasteiger charge is 2.07. The molecule has 0 atom stereocenters. The van der Waals surface area contributed by atoms with Crippen molar-refractivity contribution < 1.29 is 9.53 Å². The molecule has 0 amide bonds. The lowest BCUT2D eigenvalue weighted by Crippen LogP contribution is -1.98. The Morgan fingerprint density at radius 2 is 1.89 bits per heavy atom. The number of methoxy groups -OCH3 is 1. The molecule has 0 spiro atoms. The summed E-state index contributed by atoms with van der Waals surface area (Å²) in [5.74, 6) is 0.542. The number of allylic oxidation sites excluding steroid dienone is 1. The van der Waals surface area contributed by atoms with Crippen molar-refractivity contribution in [1.29, 1.82) is 0 Å². The summed E-state index contributed by atoms with van der Waals surface area (Å²) >= 11 is 0. The molecule has 2 aromatic carbocycles. The van der Waals surface area contributed by atoms with Gasteiger partial charge in [0.15, 0.2) is 5.78 Å². The predicted molar refractivity (Wildman–Crippen MR) is 77.5 cm³/mol. The van der Waals surface area contributed by atoms with E-state index in [0.717, 1.165) is 5.56 Å². The molecule has 0 aliphatic carbocycles. The van der Waals surface area contributed by atoms with Crippen LogP contribution in [0.1, 0.15) is 21.5 Å². The quantitative estimate of drug-likeness (QED) is 0.609. The number of benzene rings is 2. The summed E-state index contributed by atoms with van der Waals surface area (Å²) in [6.45, 7) is 2.03. The topological polar surface area (TPSA) is 26.3 Å². The lowest BCUT2D eigenvalue weighted by atomic mass is 10.1. The number of ketones is 1. The van der Waals surface area contributed by atoms with Crippen molar-refractivity contribution in [2.45, 2.75) is 6.92 Å². The van der Waals surface area contributed by atoms with Crippen molar-refractivity contribution in [3.05, 3.63) is 71.3 Å². The van der Waals surface area contributed by atoms with Gasteiger partial charge >= 0.3 is 0 Å². The van der Waals surface area contributed by atoms with Crippen LogP contribution in [-0.4, -0.2) is 12.9 Å². The highest BCUT2D eigenvalue weighted by Crippen LogP contribution is 2.18. The van der Waals surface area contributed by atoms with Gasteiger partial charge in [0.05, 0.1) is 12.7 Å². The van der Waals surface area contributed by atoms with E-state index >= 15 is 0 Å². The Kier molecular flexibility index (Phi) is 4.14. The molecule has 0 saturated carbocycles. The number of ether oxygens (including phenoxy) is 1. The summed E-state index contributed by atoms with van der Waals surface area (Å²) in [6, 6.07) is 15.2. The Morgan fingerprint density at radius 1 is 1.11 bits per heavy atom. The van der Waals surface area contributed by atoms with Gasteiger partial charge in [-0.15, -0.1) is 0 Å². The van der Waals surface area contributed by atoms with Crippen LogP contribution in [0.2, 0.25) is 0 Å². The molecular formula is C17H16O2. The van der Waals surface area contributed by atoms with Gasteiger partial charge in [-0.1, -0.05) is 48.0 Å². The Balaban J connectivity index is 2.21. The molecule has 19 heavy (non-hydrogen) atoms. The number of hydrogen-bond donors (Lipinski definition) is 0. The molecule has 2 aromatic rings. The molecule has 2 rings (SSSR count). The van der Waals surface area contributed by atoms with Crippen LogP contribution in [0.15, 0.2) is 54.6 Å². The van der Waals surface area contributed by atoms with Crippen molar-refractivity contribution in [3.63, 3.8) is 0 Å². The van der Waals surface area contributed by atoms with Crippen molar-refractivity contribution >= 4 is 11.9 Å². The maximum absolute atomic E-state index is 12.1. The monoisotopic (exact) mass is 252 g/mol. The summed E-state index contributed by atoms with van der Waals surface area (Å²) in [5, 5.41) is 0. The van der Waals surface area contributed by atoms with E-state index in [1.54, 1.807) is 25.3 Å². The van der Waals surface area contributed by atoms with Gasteiger partial charge in [0.1, 0.15) is 5.75 Å². The second kappa shape index (κ2) is 6.01. The fourth-order valence-corrected chi connectivity index (χ4v) is 1.88. The first-order chi connectivity index (χ1) is 9.20. The predicted octanol–water partition coefficient (Wildman–Crippen LogP) is 3.90. The van der Waals surface area contributed by atoms with Crippen LogP contribution < -0.4 is 4.74 Å². The second-order valence-corrected chi connectivity index (χ2v) is 4.31. The second-order valence-electron chi connectivity index (χ2n) is 4.31. The largest absolute Gasteiger partial charge is 0.496 e. The molecule has 0 aliphatic rings. The number of rotatable bonds is 4. The number of carbonyl (C=O) groups excluding carboxylic acids is 1. The smallest absolute Gasteiger partial charge is 0.189 e. The van der Waals surface area contributed by atoms with Crippen molar-refractivity contribution in [2.24, 2.45) is 0 Å². The minimum atomic E-state index is -0.0565. The first-order valence-electron chi connectivity index (χ1n) is 6.13. The Hall–Kier alpha value is -2.35. The van der Waals surface area contributed by atoms with Crippen LogP contribution in [0.4, 0.5) is 0 Å². The number of hydrogen-bond acceptors (Lipinski definition) is 2. The fourth-order valence-electron chi connectivity index (χ4n) is 1.88. The zero-order valence-electron chi connectivity index (χ0n) is 11.1. The highest BCUT2D eigenvalue weighted by atomic mass is 16.5. The molecule has 2 heteroatoms. The molecule has 2 nitrogen and oxygen atoms in total. The number of carbonyl (C=O) groups is 1. The van der Waals surface area contributed by atoms with Gasteiger partial charge in [0.2, 0.25) is 0 Å². The van der Waals surface area contributed by atoms with Gasteiger partial charge < -0.3 is 4.74 Å². The molecular weight excluding hydrogens is 236 g/mol. The zero-order chi connectivity index (χ0) is 13.7. The summed E-state index contributed by atoms with van der Waals surface area (Å²) in [4.78, 5) is 12.1. The molecule has 0 aromatic heterocycles. The van der Waals surface area contributed by atoms with E-state index in [-0.39, 0.29) is 5.78 Å². The van der Waals surface area contributed by atoms with Gasteiger partial charge in [0, 0.05) is 0 Å². The summed E-state index contributed by atoms with van der Waals surface area (Å²) in [6.07, 6.45) is 3.40. The van der Waals surface area contributed by atoms with E-state index in [1.807, 2.05) is 49.4 Å². The highest BCUT2D eigenvalue weighted by molar-refractivity contribution is 6.08. The molecule has 0 saturated heterocycles. The Bertz CT molecular complexity index is 612. The lowest BCUT2D eigenvalue weighted by molar-refractivity contribution is 0.104. The van der Waals surface area contributed by atoms with E-state index in [9.17, 15) is 4.79 Å². The number of para-hydroxylation sites is 1. The molecule has 0 unspecified atom stereocenters. The van der Waals surface area contributed by atoms with Gasteiger partial charge in [-0.25, -0.2) is 0 Å². The maximum atomic E-state index is 12.1. The standard InChI is InChI=1S/C17H16O2/c1-13-6-5-7-14(12-13)10-11-16(18)15-8-3-4-9-17(15)19-2/h3-12H,1-2H3/b11-10+. The molecule has 0 bridgehead atoms. The van der Waals surface area contributed by atoms with E-state index in [4.69, 9.17) is 4.74 Å². The van der Waals surface area contributed by atoms with Crippen LogP contribution in [-0.2, 0) is 0 Å². The third-order valence-corrected chi connectivity index (χ3v) is 2.84. The lowest BCUT2D eigenvalue weighted by Gasteiger charge is -2.04. The average Bonchev–Trinajstić information content (AvgIpc) is 2.45. The first-order valence-corrected chi connectivity index (χ1v) is 6.13. The molecule has 96 valence electrons. The normalized spacial score (nSPS) is 10.6. The van der Waals surface area contributed by atoms with Gasteiger partial charge in [-0.3, -0.25) is 4.79 Å². The first kappa shape index (κ1) is 13.1. The Morgan fingerprint density at radius 3 is 2.63 bits per heavy atom. The van der Waals surface area contributed by atoms with E-state index in [2.05, 4.69) is 0 Å². The fraction of sp³-hybridized carbons (Fsp3) is 0.118. The minimum absolute atomic E-state index is 0.0565. The third kappa shape index (κ3) is 3.32. The van der Waals surface area contributed by atoms with Crippen molar-refractivity contribution in [1.82, 2.24) is 0 Å². The summed E-state index contributed by atoms with van der Waals surface area (Å²) in [5.41, 5.74) is 2.77. The molecule has 0 radical (unpaired) electrons. The third-order valence-electron chi connectivity index (χ3n) is 2.84. The maximum Gasteiger partial charge on any atom is 0.189 e. The Labute approximate surface area is 113 Å². The number of aryl methyl sites for hydroxylation is 1. The van der Waals surface area contributed by atoms with Gasteiger partial charge in [-0.2, -0.15) is 0 Å². The van der Waals surface area contributed by atoms with E-state index in [1.165, 1.54) is 5.56 Å². The molecule has 0 N–H and O–H groups in total. The minimum Gasteiger partial charge on any atom is -0.496 e. The van der Waals surface area contributed by atoms with Crippen molar-refractivity contribution in [2.75, 3.05) is 7.11 Å². The summed E-state index contributed by atoms with van der Waals surface area (Å²) in [7, 11) is 1.57.